The first-order chi connectivity index (χ1) is 9.63. The van der Waals surface area contributed by atoms with Crippen LogP contribution in [0.2, 0.25) is 0 Å². The highest BCUT2D eigenvalue weighted by Gasteiger charge is 2.30. The average Bonchev–Trinajstić information content (AvgIpc) is 3.19. The third-order valence-corrected chi connectivity index (χ3v) is 4.33. The normalized spacial score (nSPS) is 26.5. The number of hydrogen-bond acceptors (Lipinski definition) is 4. The van der Waals surface area contributed by atoms with E-state index in [1.165, 1.54) is 12.8 Å². The van der Waals surface area contributed by atoms with Crippen molar-refractivity contribution in [2.75, 3.05) is 7.05 Å². The number of aromatic nitrogens is 1. The molecule has 0 spiro atoms. The molecule has 0 bridgehead atoms. The summed E-state index contributed by atoms with van der Waals surface area (Å²) in [6.45, 7) is 0.488. The molecular weight excluding hydrogens is 256 g/mol. The minimum absolute atomic E-state index is 0.0430. The summed E-state index contributed by atoms with van der Waals surface area (Å²) >= 11 is 0. The van der Waals surface area contributed by atoms with Crippen LogP contribution in [0.25, 0.3) is 0 Å². The Balaban J connectivity index is 1.56. The number of hydrogen-bond donors (Lipinski definition) is 1. The first-order valence-corrected chi connectivity index (χ1v) is 7.52. The van der Waals surface area contributed by atoms with E-state index in [1.54, 1.807) is 11.9 Å². The van der Waals surface area contributed by atoms with Gasteiger partial charge in [-0.15, -0.1) is 0 Å². The van der Waals surface area contributed by atoms with E-state index in [9.17, 15) is 9.90 Å². The Morgan fingerprint density at radius 2 is 2.25 bits per heavy atom. The third kappa shape index (κ3) is 3.03. The maximum absolute atomic E-state index is 12.4. The second kappa shape index (κ2) is 5.56. The fraction of sp³-hybridized carbons (Fsp3) is 0.733. The van der Waals surface area contributed by atoms with E-state index in [0.717, 1.165) is 30.7 Å². The quantitative estimate of drug-likeness (QED) is 0.915. The Bertz CT molecular complexity index is 481. The maximum atomic E-state index is 12.4. The van der Waals surface area contributed by atoms with Crippen molar-refractivity contribution in [3.8, 4) is 0 Å². The van der Waals surface area contributed by atoms with Crippen molar-refractivity contribution >= 4 is 5.91 Å². The molecule has 0 aliphatic heterocycles. The van der Waals surface area contributed by atoms with Crippen LogP contribution in [0.5, 0.6) is 0 Å². The average molecular weight is 278 g/mol. The molecule has 5 nitrogen and oxygen atoms in total. The zero-order valence-electron chi connectivity index (χ0n) is 11.9. The van der Waals surface area contributed by atoms with Gasteiger partial charge in [0.15, 0.2) is 0 Å². The standard InChI is InChI=1S/C15H22N2O3/c1-17(15(19)11-3-2-4-13(18)7-11)9-12-8-14(20-16-12)10-5-6-10/h8,10-11,13,18H,2-7,9H2,1H3/t11-,13+/m0/s1. The molecule has 0 unspecified atom stereocenters. The summed E-state index contributed by atoms with van der Waals surface area (Å²) in [4.78, 5) is 14.1. The fourth-order valence-electron chi connectivity index (χ4n) is 2.98. The van der Waals surface area contributed by atoms with Crippen molar-refractivity contribution < 1.29 is 14.4 Å². The smallest absolute Gasteiger partial charge is 0.225 e. The maximum Gasteiger partial charge on any atom is 0.225 e. The molecule has 20 heavy (non-hydrogen) atoms. The van der Waals surface area contributed by atoms with Gasteiger partial charge in [-0.3, -0.25) is 4.79 Å². The Kier molecular flexibility index (Phi) is 3.78. The molecule has 1 aromatic heterocycles. The van der Waals surface area contributed by atoms with Gasteiger partial charge in [0.1, 0.15) is 11.5 Å². The lowest BCUT2D eigenvalue weighted by Crippen LogP contribution is -2.36. The Morgan fingerprint density at radius 3 is 2.95 bits per heavy atom. The molecule has 0 saturated heterocycles. The van der Waals surface area contributed by atoms with Crippen molar-refractivity contribution in [1.29, 1.82) is 0 Å². The lowest BCUT2D eigenvalue weighted by atomic mass is 9.86. The molecule has 1 aromatic rings. The molecule has 0 radical (unpaired) electrons. The highest BCUT2D eigenvalue weighted by Crippen LogP contribution is 2.40. The van der Waals surface area contributed by atoms with Gasteiger partial charge in [-0.05, 0) is 32.1 Å². The largest absolute Gasteiger partial charge is 0.393 e. The third-order valence-electron chi connectivity index (χ3n) is 4.33. The SMILES string of the molecule is CN(Cc1cc(C2CC2)on1)C(=O)[C@H]1CCC[C@@H](O)C1. The van der Waals surface area contributed by atoms with Crippen molar-refractivity contribution in [2.45, 2.75) is 57.1 Å². The molecule has 0 aromatic carbocycles. The van der Waals surface area contributed by atoms with Gasteiger partial charge in [0.2, 0.25) is 5.91 Å². The molecule has 2 fully saturated rings. The number of nitrogens with zero attached hydrogens (tertiary/aromatic N) is 2. The molecular formula is C15H22N2O3. The summed E-state index contributed by atoms with van der Waals surface area (Å²) < 4.78 is 5.30. The van der Waals surface area contributed by atoms with E-state index in [1.807, 2.05) is 6.07 Å². The second-order valence-electron chi connectivity index (χ2n) is 6.21. The molecule has 1 heterocycles. The second-order valence-corrected chi connectivity index (χ2v) is 6.21. The molecule has 2 aliphatic carbocycles. The van der Waals surface area contributed by atoms with Crippen LogP contribution in [0.4, 0.5) is 0 Å². The number of carbonyl (C=O) groups is 1. The summed E-state index contributed by atoms with van der Waals surface area (Å²) in [7, 11) is 1.80. The van der Waals surface area contributed by atoms with Gasteiger partial charge in [0, 0.05) is 24.9 Å². The van der Waals surface area contributed by atoms with Crippen LogP contribution < -0.4 is 0 Å². The fourth-order valence-corrected chi connectivity index (χ4v) is 2.98. The zero-order valence-corrected chi connectivity index (χ0v) is 11.9. The minimum atomic E-state index is -0.320. The number of carbonyl (C=O) groups excluding carboxylic acids is 1. The van der Waals surface area contributed by atoms with Gasteiger partial charge in [-0.2, -0.15) is 0 Å². The molecule has 2 atom stereocenters. The Labute approximate surface area is 118 Å². The predicted molar refractivity (Wildman–Crippen MR) is 72.9 cm³/mol. The summed E-state index contributed by atoms with van der Waals surface area (Å²) in [5.41, 5.74) is 0.819. The number of aliphatic hydroxyl groups excluding tert-OH is 1. The lowest BCUT2D eigenvalue weighted by Gasteiger charge is -2.28. The van der Waals surface area contributed by atoms with Crippen molar-refractivity contribution in [1.82, 2.24) is 10.1 Å². The zero-order chi connectivity index (χ0) is 14.1. The van der Waals surface area contributed by atoms with Gasteiger partial charge in [-0.1, -0.05) is 11.6 Å². The van der Waals surface area contributed by atoms with Crippen molar-refractivity contribution in [3.63, 3.8) is 0 Å². The predicted octanol–water partition coefficient (Wildman–Crippen LogP) is 2.06. The van der Waals surface area contributed by atoms with E-state index in [4.69, 9.17) is 4.52 Å². The number of rotatable bonds is 4. The molecule has 2 saturated carbocycles. The highest BCUT2D eigenvalue weighted by molar-refractivity contribution is 5.78. The first kappa shape index (κ1) is 13.6. The summed E-state index contributed by atoms with van der Waals surface area (Å²) in [5.74, 6) is 1.57. The molecule has 110 valence electrons. The first-order valence-electron chi connectivity index (χ1n) is 7.52. The summed E-state index contributed by atoms with van der Waals surface area (Å²) in [5, 5.41) is 13.7. The van der Waals surface area contributed by atoms with E-state index >= 15 is 0 Å². The highest BCUT2D eigenvalue weighted by atomic mass is 16.5. The van der Waals surface area contributed by atoms with Gasteiger partial charge in [-0.25, -0.2) is 0 Å². The van der Waals surface area contributed by atoms with Gasteiger partial charge < -0.3 is 14.5 Å². The molecule has 1 N–H and O–H groups in total. The van der Waals surface area contributed by atoms with Crippen LogP contribution in [0.1, 0.15) is 55.9 Å². The van der Waals surface area contributed by atoms with Crippen LogP contribution in [0.15, 0.2) is 10.6 Å². The number of amides is 1. The van der Waals surface area contributed by atoms with E-state index in [0.29, 0.717) is 18.9 Å². The van der Waals surface area contributed by atoms with Gasteiger partial charge in [0.05, 0.1) is 12.6 Å². The van der Waals surface area contributed by atoms with Gasteiger partial charge in [0.25, 0.3) is 0 Å². The molecule has 1 amide bonds. The van der Waals surface area contributed by atoms with E-state index in [-0.39, 0.29) is 17.9 Å². The molecule has 3 rings (SSSR count). The topological polar surface area (TPSA) is 66.6 Å². The Hall–Kier alpha value is -1.36. The summed E-state index contributed by atoms with van der Waals surface area (Å²) in [6.07, 6.45) is 5.27. The monoisotopic (exact) mass is 278 g/mol. The van der Waals surface area contributed by atoms with Crippen LogP contribution in [-0.2, 0) is 11.3 Å². The lowest BCUT2D eigenvalue weighted by molar-refractivity contribution is -0.137. The molecule has 2 aliphatic rings. The summed E-state index contributed by atoms with van der Waals surface area (Å²) in [6, 6.07) is 1.97. The molecule has 5 heteroatoms. The van der Waals surface area contributed by atoms with Crippen LogP contribution in [0.3, 0.4) is 0 Å². The number of aliphatic hydroxyl groups is 1. The van der Waals surface area contributed by atoms with E-state index < -0.39 is 0 Å². The van der Waals surface area contributed by atoms with Crippen LogP contribution >= 0.6 is 0 Å². The van der Waals surface area contributed by atoms with Crippen molar-refractivity contribution in [3.05, 3.63) is 17.5 Å². The van der Waals surface area contributed by atoms with Crippen LogP contribution in [-0.4, -0.2) is 34.2 Å². The van der Waals surface area contributed by atoms with Crippen LogP contribution in [0, 0.1) is 5.92 Å². The minimum Gasteiger partial charge on any atom is -0.393 e. The Morgan fingerprint density at radius 1 is 1.45 bits per heavy atom. The van der Waals surface area contributed by atoms with E-state index in [2.05, 4.69) is 5.16 Å². The van der Waals surface area contributed by atoms with Gasteiger partial charge >= 0.3 is 0 Å². The van der Waals surface area contributed by atoms with Crippen molar-refractivity contribution in [2.24, 2.45) is 5.92 Å².